The lowest BCUT2D eigenvalue weighted by molar-refractivity contribution is -0.118. The van der Waals surface area contributed by atoms with Gasteiger partial charge in [-0.1, -0.05) is 6.07 Å². The molecule has 0 aliphatic heterocycles. The fourth-order valence-electron chi connectivity index (χ4n) is 1.63. The number of hydrogen-bond acceptors (Lipinski definition) is 3. The number of nitrogens with one attached hydrogen (secondary N) is 1. The number of nitrogens with two attached hydrogens (primary N) is 1. The highest BCUT2D eigenvalue weighted by molar-refractivity contribution is 5.96. The summed E-state index contributed by atoms with van der Waals surface area (Å²) in [6.45, 7) is -0.230. The van der Waals surface area contributed by atoms with E-state index in [2.05, 4.69) is 5.32 Å². The van der Waals surface area contributed by atoms with Crippen LogP contribution in [-0.4, -0.2) is 18.4 Å². The third kappa shape index (κ3) is 4.31. The van der Waals surface area contributed by atoms with Crippen LogP contribution in [0.1, 0.15) is 10.4 Å². The molecule has 21 heavy (non-hydrogen) atoms. The zero-order valence-electron chi connectivity index (χ0n) is 11.0. The number of benzene rings is 2. The topological polar surface area (TPSA) is 81.4 Å². The van der Waals surface area contributed by atoms with Gasteiger partial charge in [0.2, 0.25) is 5.91 Å². The average Bonchev–Trinajstić information content (AvgIpc) is 2.47. The van der Waals surface area contributed by atoms with E-state index in [1.807, 2.05) is 0 Å². The zero-order chi connectivity index (χ0) is 15.2. The number of primary amides is 1. The normalized spacial score (nSPS) is 9.95. The Hall–Kier alpha value is -2.89. The molecule has 0 fully saturated rings. The number of carbonyl (C=O) groups is 2. The molecule has 0 aliphatic carbocycles. The van der Waals surface area contributed by atoms with Gasteiger partial charge in [-0.05, 0) is 42.5 Å². The molecule has 6 heteroatoms. The molecule has 0 aromatic heterocycles. The smallest absolute Gasteiger partial charge is 0.262 e. The molecule has 0 spiro atoms. The van der Waals surface area contributed by atoms with E-state index in [-0.39, 0.29) is 12.4 Å². The van der Waals surface area contributed by atoms with Crippen molar-refractivity contribution in [3.05, 3.63) is 59.9 Å². The fourth-order valence-corrected chi connectivity index (χ4v) is 1.63. The minimum atomic E-state index is -0.575. The van der Waals surface area contributed by atoms with Crippen molar-refractivity contribution < 1.29 is 18.7 Å². The predicted molar refractivity (Wildman–Crippen MR) is 75.5 cm³/mol. The van der Waals surface area contributed by atoms with Gasteiger partial charge in [-0.15, -0.1) is 0 Å². The summed E-state index contributed by atoms with van der Waals surface area (Å²) in [7, 11) is 0. The Labute approximate surface area is 120 Å². The monoisotopic (exact) mass is 288 g/mol. The minimum Gasteiger partial charge on any atom is -0.484 e. The van der Waals surface area contributed by atoms with Crippen LogP contribution in [0.2, 0.25) is 0 Å². The van der Waals surface area contributed by atoms with Crippen molar-refractivity contribution in [1.29, 1.82) is 0 Å². The van der Waals surface area contributed by atoms with E-state index in [1.54, 1.807) is 18.2 Å². The summed E-state index contributed by atoms with van der Waals surface area (Å²) in [6.07, 6.45) is 0. The van der Waals surface area contributed by atoms with Crippen molar-refractivity contribution in [2.75, 3.05) is 11.9 Å². The maximum atomic E-state index is 12.7. The standard InChI is InChI=1S/C15H13FN2O3/c16-11-4-6-13(7-5-11)21-9-14(19)18-12-3-1-2-10(8-12)15(17)20/h1-8H,9H2,(H2,17,20)(H,18,19). The largest absolute Gasteiger partial charge is 0.484 e. The van der Waals surface area contributed by atoms with Gasteiger partial charge in [0.1, 0.15) is 11.6 Å². The van der Waals surface area contributed by atoms with Gasteiger partial charge in [-0.3, -0.25) is 9.59 Å². The number of ether oxygens (including phenoxy) is 1. The summed E-state index contributed by atoms with van der Waals surface area (Å²) in [5.74, 6) is -0.970. The molecule has 2 rings (SSSR count). The van der Waals surface area contributed by atoms with Crippen LogP contribution in [0.5, 0.6) is 5.75 Å². The van der Waals surface area contributed by atoms with Gasteiger partial charge in [0.15, 0.2) is 6.61 Å². The Morgan fingerprint density at radius 1 is 1.14 bits per heavy atom. The van der Waals surface area contributed by atoms with Crippen LogP contribution in [0.3, 0.4) is 0 Å². The van der Waals surface area contributed by atoms with Gasteiger partial charge in [-0.2, -0.15) is 0 Å². The van der Waals surface area contributed by atoms with Crippen molar-refractivity contribution >= 4 is 17.5 Å². The molecule has 2 amide bonds. The first-order valence-corrected chi connectivity index (χ1v) is 6.12. The number of carbonyl (C=O) groups excluding carboxylic acids is 2. The van der Waals surface area contributed by atoms with Gasteiger partial charge in [-0.25, -0.2) is 4.39 Å². The molecular weight excluding hydrogens is 275 g/mol. The van der Waals surface area contributed by atoms with E-state index in [9.17, 15) is 14.0 Å². The Kier molecular flexibility index (Phi) is 4.50. The van der Waals surface area contributed by atoms with E-state index in [4.69, 9.17) is 10.5 Å². The SMILES string of the molecule is NC(=O)c1cccc(NC(=O)COc2ccc(F)cc2)c1. The van der Waals surface area contributed by atoms with Crippen LogP contribution < -0.4 is 15.8 Å². The van der Waals surface area contributed by atoms with E-state index < -0.39 is 11.8 Å². The summed E-state index contributed by atoms with van der Waals surface area (Å²) in [5, 5.41) is 2.57. The maximum Gasteiger partial charge on any atom is 0.262 e. The Balaban J connectivity index is 1.91. The first-order valence-electron chi connectivity index (χ1n) is 6.12. The number of hydrogen-bond donors (Lipinski definition) is 2. The molecule has 0 radical (unpaired) electrons. The van der Waals surface area contributed by atoms with Crippen molar-refractivity contribution in [3.63, 3.8) is 0 Å². The molecule has 0 unspecified atom stereocenters. The van der Waals surface area contributed by atoms with E-state index >= 15 is 0 Å². The lowest BCUT2D eigenvalue weighted by atomic mass is 10.2. The fraction of sp³-hybridized carbons (Fsp3) is 0.0667. The van der Waals surface area contributed by atoms with Crippen LogP contribution in [0.4, 0.5) is 10.1 Å². The number of halogens is 1. The van der Waals surface area contributed by atoms with Crippen LogP contribution in [0.25, 0.3) is 0 Å². The Morgan fingerprint density at radius 2 is 1.86 bits per heavy atom. The van der Waals surface area contributed by atoms with E-state index in [1.165, 1.54) is 30.3 Å². The van der Waals surface area contributed by atoms with Crippen molar-refractivity contribution in [3.8, 4) is 5.75 Å². The third-order valence-corrected chi connectivity index (χ3v) is 2.61. The molecule has 5 nitrogen and oxygen atoms in total. The number of rotatable bonds is 5. The van der Waals surface area contributed by atoms with Crippen LogP contribution in [0, 0.1) is 5.82 Å². The second-order valence-corrected chi connectivity index (χ2v) is 4.24. The lowest BCUT2D eigenvalue weighted by Crippen LogP contribution is -2.20. The Morgan fingerprint density at radius 3 is 2.52 bits per heavy atom. The molecule has 3 N–H and O–H groups in total. The van der Waals surface area contributed by atoms with E-state index in [0.717, 1.165) is 0 Å². The molecule has 0 aliphatic rings. The molecule has 0 bridgehead atoms. The predicted octanol–water partition coefficient (Wildman–Crippen LogP) is 1.94. The second kappa shape index (κ2) is 6.51. The van der Waals surface area contributed by atoms with Crippen molar-refractivity contribution in [2.24, 2.45) is 5.73 Å². The summed E-state index contributed by atoms with van der Waals surface area (Å²) < 4.78 is 17.9. The summed E-state index contributed by atoms with van der Waals surface area (Å²) >= 11 is 0. The van der Waals surface area contributed by atoms with Crippen LogP contribution >= 0.6 is 0 Å². The van der Waals surface area contributed by atoms with Crippen LogP contribution in [0.15, 0.2) is 48.5 Å². The highest BCUT2D eigenvalue weighted by Gasteiger charge is 2.06. The first-order chi connectivity index (χ1) is 10.0. The molecular formula is C15H13FN2O3. The number of anilines is 1. The molecule has 2 aromatic rings. The molecule has 2 aromatic carbocycles. The number of amides is 2. The maximum absolute atomic E-state index is 12.7. The van der Waals surface area contributed by atoms with Gasteiger partial charge in [0, 0.05) is 11.3 Å². The van der Waals surface area contributed by atoms with Gasteiger partial charge < -0.3 is 15.8 Å². The third-order valence-electron chi connectivity index (χ3n) is 2.61. The summed E-state index contributed by atoms with van der Waals surface area (Å²) in [6, 6.07) is 11.6. The lowest BCUT2D eigenvalue weighted by Gasteiger charge is -2.08. The molecule has 0 saturated heterocycles. The minimum absolute atomic E-state index is 0.230. The quantitative estimate of drug-likeness (QED) is 0.882. The average molecular weight is 288 g/mol. The Bertz CT molecular complexity index is 656. The van der Waals surface area contributed by atoms with Crippen LogP contribution in [-0.2, 0) is 4.79 Å². The summed E-state index contributed by atoms with van der Waals surface area (Å²) in [4.78, 5) is 22.7. The van der Waals surface area contributed by atoms with Gasteiger partial charge in [0.25, 0.3) is 5.91 Å². The van der Waals surface area contributed by atoms with Crippen molar-refractivity contribution in [2.45, 2.75) is 0 Å². The highest BCUT2D eigenvalue weighted by Crippen LogP contribution is 2.12. The second-order valence-electron chi connectivity index (χ2n) is 4.24. The van der Waals surface area contributed by atoms with Gasteiger partial charge in [0.05, 0.1) is 0 Å². The molecule has 0 heterocycles. The zero-order valence-corrected chi connectivity index (χ0v) is 11.0. The molecule has 0 atom stereocenters. The molecule has 0 saturated carbocycles. The first kappa shape index (κ1) is 14.5. The van der Waals surface area contributed by atoms with Crippen molar-refractivity contribution in [1.82, 2.24) is 0 Å². The highest BCUT2D eigenvalue weighted by atomic mass is 19.1. The summed E-state index contributed by atoms with van der Waals surface area (Å²) in [5.41, 5.74) is 5.90. The molecule has 108 valence electrons. The van der Waals surface area contributed by atoms with Gasteiger partial charge >= 0.3 is 0 Å². The van der Waals surface area contributed by atoms with E-state index in [0.29, 0.717) is 17.0 Å².